The first-order valence-electron chi connectivity index (χ1n) is 10.9. The van der Waals surface area contributed by atoms with Crippen molar-refractivity contribution in [1.29, 1.82) is 0 Å². The van der Waals surface area contributed by atoms with Gasteiger partial charge in [0, 0.05) is 26.1 Å². The molecule has 1 N–H and O–H groups in total. The van der Waals surface area contributed by atoms with Crippen LogP contribution in [0.15, 0.2) is 59.5 Å². The zero-order valence-corrected chi connectivity index (χ0v) is 20.2. The van der Waals surface area contributed by atoms with E-state index in [1.54, 1.807) is 9.80 Å². The molecule has 0 saturated carbocycles. The monoisotopic (exact) mass is 484 g/mol. The smallest absolute Gasteiger partial charge is 0.266 e. The summed E-state index contributed by atoms with van der Waals surface area (Å²) < 4.78 is 5.95. The highest BCUT2D eigenvalue weighted by Crippen LogP contribution is 2.33. The number of aliphatic hydroxyl groups is 1. The molecule has 2 amide bonds. The Morgan fingerprint density at radius 1 is 1.18 bits per heavy atom. The molecule has 1 fully saturated rings. The van der Waals surface area contributed by atoms with E-state index >= 15 is 0 Å². The summed E-state index contributed by atoms with van der Waals surface area (Å²) in [6.07, 6.45) is 2.60. The molecule has 8 heteroatoms. The number of benzene rings is 2. The van der Waals surface area contributed by atoms with E-state index in [2.05, 4.69) is 0 Å². The summed E-state index contributed by atoms with van der Waals surface area (Å²) in [4.78, 5) is 29.3. The van der Waals surface area contributed by atoms with Crippen molar-refractivity contribution in [2.45, 2.75) is 26.3 Å². The lowest BCUT2D eigenvalue weighted by molar-refractivity contribution is -0.132. The molecule has 0 unspecified atom stereocenters. The molecule has 2 aromatic carbocycles. The predicted octanol–water partition coefficient (Wildman–Crippen LogP) is 4.09. The van der Waals surface area contributed by atoms with Crippen molar-refractivity contribution in [1.82, 2.24) is 9.80 Å². The fourth-order valence-corrected chi connectivity index (χ4v) is 4.74. The molecule has 0 atom stereocenters. The van der Waals surface area contributed by atoms with E-state index in [0.717, 1.165) is 16.9 Å². The summed E-state index contributed by atoms with van der Waals surface area (Å²) >= 11 is 6.68. The standard InChI is InChI=1S/C25H28N2O4S2/c1-2-31-21-12-10-19(11-13-21)17-22-24(30)27(25(32)33-22)14-6-9-23(29)26(15-16-28)18-20-7-4-3-5-8-20/h3-5,7-8,10-13,17,28H,2,6,9,14-16,18H2,1H3/b22-17-. The molecule has 1 saturated heterocycles. The van der Waals surface area contributed by atoms with Crippen LogP contribution < -0.4 is 4.74 Å². The third-order valence-electron chi connectivity index (χ3n) is 5.07. The number of thiocarbonyl (C=S) groups is 1. The molecule has 1 heterocycles. The Morgan fingerprint density at radius 2 is 1.91 bits per heavy atom. The first kappa shape index (κ1) is 25.0. The predicted molar refractivity (Wildman–Crippen MR) is 136 cm³/mol. The normalized spacial score (nSPS) is 14.7. The van der Waals surface area contributed by atoms with Gasteiger partial charge in [-0.1, -0.05) is 66.4 Å². The molecule has 2 aromatic rings. The minimum absolute atomic E-state index is 0.0525. The molecule has 0 radical (unpaired) electrons. The number of ether oxygens (including phenoxy) is 1. The second kappa shape index (κ2) is 12.5. The molecular weight excluding hydrogens is 456 g/mol. The van der Waals surface area contributed by atoms with Gasteiger partial charge in [-0.2, -0.15) is 0 Å². The fraction of sp³-hybridized carbons (Fsp3) is 0.320. The Morgan fingerprint density at radius 3 is 2.58 bits per heavy atom. The highest BCUT2D eigenvalue weighted by molar-refractivity contribution is 8.26. The van der Waals surface area contributed by atoms with Crippen LogP contribution in [-0.2, 0) is 16.1 Å². The number of carbonyl (C=O) groups excluding carboxylic acids is 2. The first-order valence-corrected chi connectivity index (χ1v) is 12.1. The number of carbonyl (C=O) groups is 2. The summed E-state index contributed by atoms with van der Waals surface area (Å²) in [6, 6.07) is 17.2. The third-order valence-corrected chi connectivity index (χ3v) is 6.45. The molecule has 0 aromatic heterocycles. The van der Waals surface area contributed by atoms with E-state index in [9.17, 15) is 14.7 Å². The maximum Gasteiger partial charge on any atom is 0.266 e. The first-order chi connectivity index (χ1) is 16.0. The lowest BCUT2D eigenvalue weighted by Gasteiger charge is -2.22. The Kier molecular flexibility index (Phi) is 9.47. The molecule has 174 valence electrons. The van der Waals surface area contributed by atoms with Gasteiger partial charge >= 0.3 is 0 Å². The summed E-state index contributed by atoms with van der Waals surface area (Å²) in [6.45, 7) is 3.55. The second-order valence-corrected chi connectivity index (χ2v) is 9.14. The Labute approximate surface area is 204 Å². The van der Waals surface area contributed by atoms with Crippen LogP contribution in [0.3, 0.4) is 0 Å². The topological polar surface area (TPSA) is 70.1 Å². The highest BCUT2D eigenvalue weighted by atomic mass is 32.2. The number of aliphatic hydroxyl groups excluding tert-OH is 1. The summed E-state index contributed by atoms with van der Waals surface area (Å²) in [5, 5.41) is 9.34. The summed E-state index contributed by atoms with van der Waals surface area (Å²) in [5.41, 5.74) is 1.91. The lowest BCUT2D eigenvalue weighted by Crippen LogP contribution is -2.34. The van der Waals surface area contributed by atoms with Gasteiger partial charge in [0.05, 0.1) is 18.1 Å². The number of hydrogen-bond donors (Lipinski definition) is 1. The number of hydrogen-bond acceptors (Lipinski definition) is 6. The lowest BCUT2D eigenvalue weighted by atomic mass is 10.2. The maximum atomic E-state index is 12.8. The van der Waals surface area contributed by atoms with Gasteiger partial charge in [0.1, 0.15) is 10.1 Å². The molecule has 1 aliphatic heterocycles. The minimum atomic E-state index is -0.136. The maximum absolute atomic E-state index is 12.8. The van der Waals surface area contributed by atoms with Crippen LogP contribution >= 0.6 is 24.0 Å². The van der Waals surface area contributed by atoms with Crippen molar-refractivity contribution in [3.8, 4) is 5.75 Å². The van der Waals surface area contributed by atoms with Gasteiger partial charge in [-0.3, -0.25) is 14.5 Å². The number of amides is 2. The van der Waals surface area contributed by atoms with Gasteiger partial charge in [-0.05, 0) is 42.7 Å². The highest BCUT2D eigenvalue weighted by Gasteiger charge is 2.31. The zero-order valence-electron chi connectivity index (χ0n) is 18.6. The van der Waals surface area contributed by atoms with E-state index < -0.39 is 0 Å². The van der Waals surface area contributed by atoms with E-state index in [1.807, 2.05) is 67.6 Å². The molecule has 0 bridgehead atoms. The van der Waals surface area contributed by atoms with Crippen LogP contribution in [0.2, 0.25) is 0 Å². The molecule has 0 spiro atoms. The Balaban J connectivity index is 1.54. The molecule has 1 aliphatic rings. The average Bonchev–Trinajstić information content (AvgIpc) is 3.08. The van der Waals surface area contributed by atoms with Gasteiger partial charge in [0.15, 0.2) is 0 Å². The Bertz CT molecular complexity index is 993. The quantitative estimate of drug-likeness (QED) is 0.383. The van der Waals surface area contributed by atoms with Crippen molar-refractivity contribution < 1.29 is 19.4 Å². The molecular formula is C25H28N2O4S2. The Hall–Kier alpha value is -2.68. The van der Waals surface area contributed by atoms with E-state index in [4.69, 9.17) is 17.0 Å². The SMILES string of the molecule is CCOc1ccc(/C=C2\SC(=S)N(CCCC(=O)N(CCO)Cc3ccccc3)C2=O)cc1. The molecule has 3 rings (SSSR count). The summed E-state index contributed by atoms with van der Waals surface area (Å²) in [7, 11) is 0. The van der Waals surface area contributed by atoms with Crippen LogP contribution in [0.5, 0.6) is 5.75 Å². The van der Waals surface area contributed by atoms with Gasteiger partial charge in [-0.15, -0.1) is 0 Å². The van der Waals surface area contributed by atoms with Gasteiger partial charge < -0.3 is 14.7 Å². The van der Waals surface area contributed by atoms with Crippen LogP contribution in [0.25, 0.3) is 6.08 Å². The van der Waals surface area contributed by atoms with Crippen LogP contribution in [0.4, 0.5) is 0 Å². The van der Waals surface area contributed by atoms with Gasteiger partial charge in [0.2, 0.25) is 5.91 Å². The third kappa shape index (κ3) is 7.15. The van der Waals surface area contributed by atoms with E-state index in [0.29, 0.717) is 35.3 Å². The molecule has 33 heavy (non-hydrogen) atoms. The van der Waals surface area contributed by atoms with Crippen LogP contribution in [0.1, 0.15) is 30.9 Å². The van der Waals surface area contributed by atoms with Gasteiger partial charge in [-0.25, -0.2) is 0 Å². The minimum Gasteiger partial charge on any atom is -0.494 e. The zero-order chi connectivity index (χ0) is 23.6. The fourth-order valence-electron chi connectivity index (χ4n) is 3.43. The van der Waals surface area contributed by atoms with Crippen molar-refractivity contribution >= 4 is 46.2 Å². The van der Waals surface area contributed by atoms with Crippen LogP contribution in [-0.4, -0.2) is 57.3 Å². The second-order valence-electron chi connectivity index (χ2n) is 7.46. The number of thioether (sulfide) groups is 1. The van der Waals surface area contributed by atoms with Crippen molar-refractivity contribution in [3.63, 3.8) is 0 Å². The number of nitrogens with zero attached hydrogens (tertiary/aromatic N) is 2. The largest absolute Gasteiger partial charge is 0.494 e. The average molecular weight is 485 g/mol. The van der Waals surface area contributed by atoms with E-state index in [1.165, 1.54) is 11.8 Å². The van der Waals surface area contributed by atoms with Crippen molar-refractivity contribution in [3.05, 3.63) is 70.6 Å². The number of rotatable bonds is 11. The molecule has 0 aliphatic carbocycles. The van der Waals surface area contributed by atoms with E-state index in [-0.39, 0.29) is 31.4 Å². The van der Waals surface area contributed by atoms with Gasteiger partial charge in [0.25, 0.3) is 5.91 Å². The van der Waals surface area contributed by atoms with Crippen molar-refractivity contribution in [2.75, 3.05) is 26.3 Å². The van der Waals surface area contributed by atoms with Crippen molar-refractivity contribution in [2.24, 2.45) is 0 Å². The molecule has 6 nitrogen and oxygen atoms in total. The summed E-state index contributed by atoms with van der Waals surface area (Å²) in [5.74, 6) is 0.598. The van der Waals surface area contributed by atoms with Crippen LogP contribution in [0, 0.1) is 0 Å².